The number of nitrogens with zero attached hydrogens (tertiary/aromatic N) is 3. The molecule has 0 atom stereocenters. The van der Waals surface area contributed by atoms with Crippen molar-refractivity contribution < 1.29 is 14.1 Å². The Morgan fingerprint density at radius 3 is 2.60 bits per heavy atom. The summed E-state index contributed by atoms with van der Waals surface area (Å²) in [6.45, 7) is 4.17. The monoisotopic (exact) mass is 406 g/mol. The summed E-state index contributed by atoms with van der Waals surface area (Å²) in [5.74, 6) is 2.13. The first-order valence-corrected chi connectivity index (χ1v) is 10.3. The van der Waals surface area contributed by atoms with Gasteiger partial charge in [-0.3, -0.25) is 0 Å². The third-order valence-electron chi connectivity index (χ3n) is 5.30. The normalized spacial score (nSPS) is 14.5. The Morgan fingerprint density at radius 2 is 1.87 bits per heavy atom. The summed E-state index contributed by atoms with van der Waals surface area (Å²) < 4.78 is 11.0. The zero-order chi connectivity index (χ0) is 20.8. The molecule has 2 heterocycles. The van der Waals surface area contributed by atoms with Gasteiger partial charge in [0.1, 0.15) is 5.75 Å². The minimum absolute atomic E-state index is 0.0300. The summed E-state index contributed by atoms with van der Waals surface area (Å²) in [7, 11) is 0. The minimum Gasteiger partial charge on any atom is -0.484 e. The van der Waals surface area contributed by atoms with E-state index >= 15 is 0 Å². The Bertz CT molecular complexity index is 948. The van der Waals surface area contributed by atoms with Crippen LogP contribution in [0.2, 0.25) is 0 Å². The lowest BCUT2D eigenvalue weighted by Gasteiger charge is -2.30. The fraction of sp³-hybridized carbons (Fsp3) is 0.348. The van der Waals surface area contributed by atoms with Gasteiger partial charge in [0.2, 0.25) is 0 Å². The Balaban J connectivity index is 1.23. The van der Waals surface area contributed by atoms with Crippen LogP contribution in [0, 0.1) is 6.92 Å². The van der Waals surface area contributed by atoms with E-state index in [-0.39, 0.29) is 18.6 Å². The summed E-state index contributed by atoms with van der Waals surface area (Å²) in [5.41, 5.74) is 2.27. The first-order chi connectivity index (χ1) is 14.7. The van der Waals surface area contributed by atoms with E-state index in [1.54, 1.807) is 0 Å². The van der Waals surface area contributed by atoms with Crippen molar-refractivity contribution in [3.8, 4) is 5.75 Å². The molecule has 7 nitrogen and oxygen atoms in total. The van der Waals surface area contributed by atoms with Crippen LogP contribution in [0.25, 0.3) is 0 Å². The van der Waals surface area contributed by atoms with E-state index in [0.29, 0.717) is 31.3 Å². The van der Waals surface area contributed by atoms with Gasteiger partial charge in [0.05, 0.1) is 0 Å². The van der Waals surface area contributed by atoms with Crippen LogP contribution in [-0.4, -0.2) is 34.2 Å². The first kappa shape index (κ1) is 19.9. The van der Waals surface area contributed by atoms with Gasteiger partial charge < -0.3 is 19.5 Å². The molecule has 156 valence electrons. The number of hydrogen-bond acceptors (Lipinski definition) is 5. The van der Waals surface area contributed by atoms with Crippen molar-refractivity contribution in [2.75, 3.05) is 13.1 Å². The molecule has 0 unspecified atom stereocenters. The number of benzene rings is 2. The van der Waals surface area contributed by atoms with Crippen molar-refractivity contribution in [1.82, 2.24) is 20.4 Å². The third-order valence-corrected chi connectivity index (χ3v) is 5.30. The quantitative estimate of drug-likeness (QED) is 0.668. The van der Waals surface area contributed by atoms with Gasteiger partial charge in [-0.25, -0.2) is 4.79 Å². The molecule has 0 radical (unpaired) electrons. The molecular weight excluding hydrogens is 380 g/mol. The van der Waals surface area contributed by atoms with Crippen LogP contribution in [0.4, 0.5) is 4.79 Å². The number of nitrogens with one attached hydrogen (secondary N) is 1. The smallest absolute Gasteiger partial charge is 0.317 e. The molecule has 4 rings (SSSR count). The van der Waals surface area contributed by atoms with Crippen molar-refractivity contribution in [3.63, 3.8) is 0 Å². The van der Waals surface area contributed by atoms with Gasteiger partial charge in [-0.15, -0.1) is 0 Å². The lowest BCUT2D eigenvalue weighted by molar-refractivity contribution is 0.179. The molecule has 1 N–H and O–H groups in total. The second kappa shape index (κ2) is 9.43. The van der Waals surface area contributed by atoms with Crippen LogP contribution >= 0.6 is 0 Å². The van der Waals surface area contributed by atoms with Crippen molar-refractivity contribution in [2.24, 2.45) is 0 Å². The molecule has 2 amide bonds. The topological polar surface area (TPSA) is 80.5 Å². The number of rotatable bonds is 6. The van der Waals surface area contributed by atoms with Crippen molar-refractivity contribution in [3.05, 3.63) is 77.4 Å². The maximum absolute atomic E-state index is 12.4. The lowest BCUT2D eigenvalue weighted by Crippen LogP contribution is -2.43. The third kappa shape index (κ3) is 5.17. The molecular formula is C23H26N4O3. The van der Waals surface area contributed by atoms with E-state index in [0.717, 1.165) is 24.2 Å². The fourth-order valence-electron chi connectivity index (χ4n) is 3.50. The number of ether oxygens (including phenoxy) is 1. The van der Waals surface area contributed by atoms with Crippen LogP contribution < -0.4 is 10.1 Å². The number of urea groups is 1. The fourth-order valence-corrected chi connectivity index (χ4v) is 3.50. The highest BCUT2D eigenvalue weighted by atomic mass is 16.5. The maximum Gasteiger partial charge on any atom is 0.317 e. The maximum atomic E-state index is 12.4. The molecule has 1 fully saturated rings. The molecule has 7 heteroatoms. The second-order valence-corrected chi connectivity index (χ2v) is 7.55. The van der Waals surface area contributed by atoms with Crippen LogP contribution in [0.1, 0.15) is 41.6 Å². The van der Waals surface area contributed by atoms with Gasteiger partial charge in [0.15, 0.2) is 12.4 Å². The van der Waals surface area contributed by atoms with Crippen molar-refractivity contribution >= 4 is 6.03 Å². The van der Waals surface area contributed by atoms with E-state index in [9.17, 15) is 4.79 Å². The van der Waals surface area contributed by atoms with Gasteiger partial charge >= 0.3 is 6.03 Å². The van der Waals surface area contributed by atoms with Gasteiger partial charge in [-0.2, -0.15) is 4.98 Å². The predicted octanol–water partition coefficient (Wildman–Crippen LogP) is 4.05. The number of carbonyl (C=O) groups excluding carboxylic acids is 1. The van der Waals surface area contributed by atoms with Crippen LogP contribution in [0.5, 0.6) is 5.75 Å². The molecule has 3 aromatic rings. The SMILES string of the molecule is Cc1ccc(OCc2nc(C3CCN(C(=O)NCc4ccccc4)CC3)no2)cc1. The minimum atomic E-state index is -0.0300. The standard InChI is InChI=1S/C23H26N4O3/c1-17-7-9-20(10-8-17)29-16-21-25-22(26-30-21)19-11-13-27(14-12-19)23(28)24-15-18-5-3-2-4-6-18/h2-10,19H,11-16H2,1H3,(H,24,28). The second-order valence-electron chi connectivity index (χ2n) is 7.55. The van der Waals surface area contributed by atoms with E-state index in [1.807, 2.05) is 66.4 Å². The first-order valence-electron chi connectivity index (χ1n) is 10.3. The van der Waals surface area contributed by atoms with E-state index < -0.39 is 0 Å². The zero-order valence-electron chi connectivity index (χ0n) is 17.1. The Kier molecular flexibility index (Phi) is 6.27. The Labute approximate surface area is 176 Å². The van der Waals surface area contributed by atoms with Crippen molar-refractivity contribution in [2.45, 2.75) is 38.8 Å². The molecule has 30 heavy (non-hydrogen) atoms. The molecule has 1 saturated heterocycles. The molecule has 1 aliphatic heterocycles. The highest BCUT2D eigenvalue weighted by Crippen LogP contribution is 2.26. The highest BCUT2D eigenvalue weighted by Gasteiger charge is 2.27. The number of amides is 2. The van der Waals surface area contributed by atoms with E-state index in [1.165, 1.54) is 5.56 Å². The van der Waals surface area contributed by atoms with Crippen LogP contribution in [0.3, 0.4) is 0 Å². The number of aryl methyl sites for hydroxylation is 1. The van der Waals surface area contributed by atoms with Crippen molar-refractivity contribution in [1.29, 1.82) is 0 Å². The number of aromatic nitrogens is 2. The number of hydrogen-bond donors (Lipinski definition) is 1. The number of likely N-dealkylation sites (tertiary alicyclic amines) is 1. The van der Waals surface area contributed by atoms with Gasteiger partial charge in [-0.1, -0.05) is 53.2 Å². The molecule has 1 aromatic heterocycles. The average molecular weight is 406 g/mol. The van der Waals surface area contributed by atoms with Crippen LogP contribution in [0.15, 0.2) is 59.1 Å². The largest absolute Gasteiger partial charge is 0.484 e. The van der Waals surface area contributed by atoms with E-state index in [4.69, 9.17) is 9.26 Å². The average Bonchev–Trinajstić information content (AvgIpc) is 3.27. The van der Waals surface area contributed by atoms with Gasteiger partial charge in [0.25, 0.3) is 5.89 Å². The zero-order valence-corrected chi connectivity index (χ0v) is 17.1. The summed E-state index contributed by atoms with van der Waals surface area (Å²) in [5, 5.41) is 7.11. The lowest BCUT2D eigenvalue weighted by atomic mass is 9.96. The summed E-state index contributed by atoms with van der Waals surface area (Å²) in [6, 6.07) is 17.7. The summed E-state index contributed by atoms with van der Waals surface area (Å²) in [6.07, 6.45) is 1.63. The molecule has 0 spiro atoms. The predicted molar refractivity (Wildman–Crippen MR) is 112 cm³/mol. The molecule has 2 aromatic carbocycles. The number of piperidine rings is 1. The number of carbonyl (C=O) groups is 1. The molecule has 1 aliphatic rings. The highest BCUT2D eigenvalue weighted by molar-refractivity contribution is 5.74. The van der Waals surface area contributed by atoms with Crippen LogP contribution in [-0.2, 0) is 13.2 Å². The summed E-state index contributed by atoms with van der Waals surface area (Å²) >= 11 is 0. The summed E-state index contributed by atoms with van der Waals surface area (Å²) in [4.78, 5) is 18.7. The molecule has 0 bridgehead atoms. The van der Waals surface area contributed by atoms with Gasteiger partial charge in [-0.05, 0) is 37.5 Å². The Hall–Kier alpha value is -3.35. The van der Waals surface area contributed by atoms with Gasteiger partial charge in [0, 0.05) is 25.6 Å². The molecule has 0 saturated carbocycles. The van der Waals surface area contributed by atoms with E-state index in [2.05, 4.69) is 15.5 Å². The molecule has 0 aliphatic carbocycles. The Morgan fingerprint density at radius 1 is 1.13 bits per heavy atom.